The standard InChI is InChI=1S/C18H24N4O/c1-3-4-8-11-19-17(23)16-12-20-18(21-13-16)22-14(2)15-9-6-5-7-10-15/h5-7,9-10,12-14H,3-4,8,11H2,1-2H3,(H,19,23)(H,20,21,22). The lowest BCUT2D eigenvalue weighted by atomic mass is 10.1. The van der Waals surface area contributed by atoms with Gasteiger partial charge in [-0.2, -0.15) is 0 Å². The van der Waals surface area contributed by atoms with E-state index in [0.29, 0.717) is 18.1 Å². The van der Waals surface area contributed by atoms with Gasteiger partial charge in [-0.25, -0.2) is 9.97 Å². The van der Waals surface area contributed by atoms with Gasteiger partial charge in [-0.15, -0.1) is 0 Å². The number of nitrogens with one attached hydrogen (secondary N) is 2. The Kier molecular flexibility index (Phi) is 6.54. The minimum atomic E-state index is -0.122. The third-order valence-corrected chi connectivity index (χ3v) is 3.63. The van der Waals surface area contributed by atoms with Gasteiger partial charge in [0, 0.05) is 18.9 Å². The molecule has 5 nitrogen and oxygen atoms in total. The topological polar surface area (TPSA) is 66.9 Å². The number of aromatic nitrogens is 2. The molecule has 1 amide bonds. The molecule has 0 aliphatic carbocycles. The molecule has 1 aromatic heterocycles. The molecule has 2 N–H and O–H groups in total. The second kappa shape index (κ2) is 8.88. The number of rotatable bonds is 8. The van der Waals surface area contributed by atoms with Crippen LogP contribution in [0.5, 0.6) is 0 Å². The second-order valence-electron chi connectivity index (χ2n) is 5.54. The van der Waals surface area contributed by atoms with E-state index < -0.39 is 0 Å². The summed E-state index contributed by atoms with van der Waals surface area (Å²) < 4.78 is 0. The third kappa shape index (κ3) is 5.36. The van der Waals surface area contributed by atoms with Crippen molar-refractivity contribution in [3.8, 4) is 0 Å². The van der Waals surface area contributed by atoms with Gasteiger partial charge in [-0.1, -0.05) is 50.1 Å². The molecule has 2 aromatic rings. The van der Waals surface area contributed by atoms with Crippen LogP contribution in [0, 0.1) is 0 Å². The summed E-state index contributed by atoms with van der Waals surface area (Å²) in [6.07, 6.45) is 6.37. The number of anilines is 1. The van der Waals surface area contributed by atoms with Crippen molar-refractivity contribution in [3.05, 3.63) is 53.9 Å². The van der Waals surface area contributed by atoms with E-state index in [-0.39, 0.29) is 11.9 Å². The van der Waals surface area contributed by atoms with Crippen LogP contribution in [-0.4, -0.2) is 22.4 Å². The summed E-state index contributed by atoms with van der Waals surface area (Å²) in [5.41, 5.74) is 1.65. The molecule has 1 heterocycles. The maximum absolute atomic E-state index is 12.0. The molecule has 0 bridgehead atoms. The Hall–Kier alpha value is -2.43. The van der Waals surface area contributed by atoms with Gasteiger partial charge >= 0.3 is 0 Å². The highest BCUT2D eigenvalue weighted by Crippen LogP contribution is 2.15. The number of hydrogen-bond acceptors (Lipinski definition) is 4. The van der Waals surface area contributed by atoms with Crippen LogP contribution in [0.3, 0.4) is 0 Å². The minimum absolute atomic E-state index is 0.102. The van der Waals surface area contributed by atoms with Crippen molar-refractivity contribution in [1.82, 2.24) is 15.3 Å². The third-order valence-electron chi connectivity index (χ3n) is 3.63. The first-order valence-corrected chi connectivity index (χ1v) is 8.12. The van der Waals surface area contributed by atoms with Gasteiger partial charge in [-0.05, 0) is 18.9 Å². The highest BCUT2D eigenvalue weighted by atomic mass is 16.1. The average molecular weight is 312 g/mol. The molecule has 1 aromatic carbocycles. The van der Waals surface area contributed by atoms with E-state index in [1.54, 1.807) is 12.4 Å². The van der Waals surface area contributed by atoms with Crippen LogP contribution in [0.4, 0.5) is 5.95 Å². The van der Waals surface area contributed by atoms with E-state index in [1.807, 2.05) is 25.1 Å². The average Bonchev–Trinajstić information content (AvgIpc) is 2.60. The molecule has 1 unspecified atom stereocenters. The largest absolute Gasteiger partial charge is 0.352 e. The first-order chi connectivity index (χ1) is 11.2. The van der Waals surface area contributed by atoms with E-state index in [0.717, 1.165) is 24.8 Å². The highest BCUT2D eigenvalue weighted by molar-refractivity contribution is 5.93. The monoisotopic (exact) mass is 312 g/mol. The fraction of sp³-hybridized carbons (Fsp3) is 0.389. The SMILES string of the molecule is CCCCCNC(=O)c1cnc(NC(C)c2ccccc2)nc1. The number of benzene rings is 1. The Labute approximate surface area is 137 Å². The van der Waals surface area contributed by atoms with Crippen LogP contribution < -0.4 is 10.6 Å². The van der Waals surface area contributed by atoms with Crippen molar-refractivity contribution in [2.24, 2.45) is 0 Å². The number of hydrogen-bond donors (Lipinski definition) is 2. The zero-order chi connectivity index (χ0) is 16.5. The van der Waals surface area contributed by atoms with Crippen LogP contribution in [0.1, 0.15) is 55.1 Å². The number of carbonyl (C=O) groups is 1. The first kappa shape index (κ1) is 16.9. The van der Waals surface area contributed by atoms with Gasteiger partial charge in [0.05, 0.1) is 11.6 Å². The zero-order valence-corrected chi connectivity index (χ0v) is 13.7. The van der Waals surface area contributed by atoms with Crippen LogP contribution >= 0.6 is 0 Å². The summed E-state index contributed by atoms with van der Waals surface area (Å²) in [4.78, 5) is 20.4. The molecule has 5 heteroatoms. The van der Waals surface area contributed by atoms with Crippen molar-refractivity contribution in [1.29, 1.82) is 0 Å². The van der Waals surface area contributed by atoms with Gasteiger partial charge in [0.15, 0.2) is 0 Å². The molecule has 0 fully saturated rings. The molecular formula is C18H24N4O. The Morgan fingerprint density at radius 1 is 1.13 bits per heavy atom. The Morgan fingerprint density at radius 3 is 2.48 bits per heavy atom. The maximum atomic E-state index is 12.0. The quantitative estimate of drug-likeness (QED) is 0.731. The van der Waals surface area contributed by atoms with E-state index >= 15 is 0 Å². The summed E-state index contributed by atoms with van der Waals surface area (Å²) in [5.74, 6) is 0.396. The number of unbranched alkanes of at least 4 members (excludes halogenated alkanes) is 2. The molecule has 2 rings (SSSR count). The molecule has 1 atom stereocenters. The lowest BCUT2D eigenvalue weighted by Crippen LogP contribution is -2.24. The summed E-state index contributed by atoms with van der Waals surface area (Å²) in [5, 5.41) is 6.11. The summed E-state index contributed by atoms with van der Waals surface area (Å²) in [6, 6.07) is 10.2. The van der Waals surface area contributed by atoms with E-state index in [2.05, 4.69) is 39.7 Å². The Morgan fingerprint density at radius 2 is 1.83 bits per heavy atom. The minimum Gasteiger partial charge on any atom is -0.352 e. The van der Waals surface area contributed by atoms with Crippen LogP contribution in [0.15, 0.2) is 42.7 Å². The smallest absolute Gasteiger partial charge is 0.254 e. The molecule has 23 heavy (non-hydrogen) atoms. The molecule has 0 aliphatic rings. The molecule has 0 radical (unpaired) electrons. The van der Waals surface area contributed by atoms with Crippen molar-refractivity contribution in [2.75, 3.05) is 11.9 Å². The second-order valence-corrected chi connectivity index (χ2v) is 5.54. The maximum Gasteiger partial charge on any atom is 0.254 e. The van der Waals surface area contributed by atoms with Crippen molar-refractivity contribution >= 4 is 11.9 Å². The van der Waals surface area contributed by atoms with Crippen LogP contribution in [-0.2, 0) is 0 Å². The van der Waals surface area contributed by atoms with Crippen LogP contribution in [0.25, 0.3) is 0 Å². The van der Waals surface area contributed by atoms with E-state index in [4.69, 9.17) is 0 Å². The summed E-state index contributed by atoms with van der Waals surface area (Å²) >= 11 is 0. The summed E-state index contributed by atoms with van der Waals surface area (Å²) in [7, 11) is 0. The van der Waals surface area contributed by atoms with Gasteiger partial charge in [0.1, 0.15) is 0 Å². The highest BCUT2D eigenvalue weighted by Gasteiger charge is 2.09. The predicted octanol–water partition coefficient (Wildman–Crippen LogP) is 3.57. The molecule has 0 saturated heterocycles. The number of carbonyl (C=O) groups excluding carboxylic acids is 1. The zero-order valence-electron chi connectivity index (χ0n) is 13.7. The normalized spacial score (nSPS) is 11.7. The molecule has 0 saturated carbocycles. The fourth-order valence-corrected chi connectivity index (χ4v) is 2.22. The lowest BCUT2D eigenvalue weighted by Gasteiger charge is -2.14. The predicted molar refractivity (Wildman–Crippen MR) is 92.4 cm³/mol. The molecule has 0 aliphatic heterocycles. The van der Waals surface area contributed by atoms with Crippen LogP contribution in [0.2, 0.25) is 0 Å². The van der Waals surface area contributed by atoms with E-state index in [9.17, 15) is 4.79 Å². The first-order valence-electron chi connectivity index (χ1n) is 8.12. The molecule has 0 spiro atoms. The van der Waals surface area contributed by atoms with E-state index in [1.165, 1.54) is 0 Å². The van der Waals surface area contributed by atoms with Crippen molar-refractivity contribution < 1.29 is 4.79 Å². The number of nitrogens with zero attached hydrogens (tertiary/aromatic N) is 2. The Balaban J connectivity index is 1.88. The van der Waals surface area contributed by atoms with Crippen molar-refractivity contribution in [2.45, 2.75) is 39.2 Å². The lowest BCUT2D eigenvalue weighted by molar-refractivity contribution is 0.0952. The summed E-state index contributed by atoms with van der Waals surface area (Å²) in [6.45, 7) is 4.88. The Bertz CT molecular complexity index is 598. The number of amides is 1. The van der Waals surface area contributed by atoms with Crippen molar-refractivity contribution in [3.63, 3.8) is 0 Å². The van der Waals surface area contributed by atoms with Gasteiger partial charge < -0.3 is 10.6 Å². The van der Waals surface area contributed by atoms with Gasteiger partial charge in [0.2, 0.25) is 5.95 Å². The fourth-order valence-electron chi connectivity index (χ4n) is 2.22. The van der Waals surface area contributed by atoms with Gasteiger partial charge in [-0.3, -0.25) is 4.79 Å². The van der Waals surface area contributed by atoms with Gasteiger partial charge in [0.25, 0.3) is 5.91 Å². The molecular weight excluding hydrogens is 288 g/mol. The molecule has 122 valence electrons.